The molecule has 5 heteroatoms. The molecule has 3 aliphatic rings. The average molecular weight is 320 g/mol. The highest BCUT2D eigenvalue weighted by Gasteiger charge is 2.54. The fourth-order valence-electron chi connectivity index (χ4n) is 4.84. The molecule has 2 atom stereocenters. The molecule has 1 saturated heterocycles. The van der Waals surface area contributed by atoms with Crippen molar-refractivity contribution in [1.82, 2.24) is 9.88 Å². The van der Waals surface area contributed by atoms with Gasteiger partial charge in [0.1, 0.15) is 0 Å². The number of nitrogens with zero attached hydrogens (tertiary/aromatic N) is 2. The predicted octanol–water partition coefficient (Wildman–Crippen LogP) is 3.49. The van der Waals surface area contributed by atoms with Crippen LogP contribution in [0.4, 0.5) is 0 Å². The number of aliphatic carboxylic acids is 1. The Morgan fingerprint density at radius 2 is 2.18 bits per heavy atom. The van der Waals surface area contributed by atoms with E-state index in [1.807, 2.05) is 17.5 Å². The summed E-state index contributed by atoms with van der Waals surface area (Å²) in [6.07, 6.45) is 10.3. The molecule has 120 valence electrons. The number of hydrogen-bond acceptors (Lipinski definition) is 4. The monoisotopic (exact) mass is 320 g/mol. The normalized spacial score (nSPS) is 32.6. The third-order valence-corrected chi connectivity index (χ3v) is 7.17. The molecule has 1 aliphatic heterocycles. The van der Waals surface area contributed by atoms with Crippen LogP contribution in [0, 0.1) is 11.3 Å². The summed E-state index contributed by atoms with van der Waals surface area (Å²) in [7, 11) is 0. The van der Waals surface area contributed by atoms with Crippen LogP contribution < -0.4 is 0 Å². The Kier molecular flexibility index (Phi) is 3.73. The molecule has 22 heavy (non-hydrogen) atoms. The Bertz CT molecular complexity index is 567. The molecule has 1 aromatic rings. The molecule has 3 fully saturated rings. The van der Waals surface area contributed by atoms with Gasteiger partial charge in [0.25, 0.3) is 0 Å². The summed E-state index contributed by atoms with van der Waals surface area (Å²) >= 11 is 1.85. The molecule has 0 radical (unpaired) electrons. The largest absolute Gasteiger partial charge is 0.481 e. The average Bonchev–Trinajstić information content (AvgIpc) is 3.22. The van der Waals surface area contributed by atoms with Crippen LogP contribution in [0.3, 0.4) is 0 Å². The van der Waals surface area contributed by atoms with Crippen molar-refractivity contribution in [3.05, 3.63) is 16.1 Å². The third kappa shape index (κ3) is 2.38. The van der Waals surface area contributed by atoms with Crippen molar-refractivity contribution in [2.45, 2.75) is 57.4 Å². The van der Waals surface area contributed by atoms with E-state index in [0.29, 0.717) is 11.8 Å². The summed E-state index contributed by atoms with van der Waals surface area (Å²) in [4.78, 5) is 20.0. The summed E-state index contributed by atoms with van der Waals surface area (Å²) in [6, 6.07) is 0. The van der Waals surface area contributed by atoms with E-state index < -0.39 is 11.4 Å². The maximum atomic E-state index is 11.7. The highest BCUT2D eigenvalue weighted by atomic mass is 32.1. The smallest absolute Gasteiger partial charge is 0.311 e. The first kappa shape index (κ1) is 14.6. The molecule has 0 aromatic carbocycles. The Balaban J connectivity index is 1.43. The molecule has 1 N–H and O–H groups in total. The van der Waals surface area contributed by atoms with E-state index in [0.717, 1.165) is 38.9 Å². The minimum absolute atomic E-state index is 0.354. The van der Waals surface area contributed by atoms with Gasteiger partial charge >= 0.3 is 5.97 Å². The minimum Gasteiger partial charge on any atom is -0.481 e. The standard InChI is InChI=1S/C17H24N2O2S/c20-16(21)17-7-3-6-13(17)9-19(11-17)10-14-8-18-15(22-14)12-4-1-2-5-12/h8,12-13H,1-7,9-11H2,(H,20,21)/t13-,17+/m0/s1. The Labute approximate surface area is 135 Å². The quantitative estimate of drug-likeness (QED) is 0.922. The number of carboxylic acids is 1. The Morgan fingerprint density at radius 3 is 2.91 bits per heavy atom. The van der Waals surface area contributed by atoms with E-state index in [4.69, 9.17) is 0 Å². The summed E-state index contributed by atoms with van der Waals surface area (Å²) in [5, 5.41) is 11.0. The van der Waals surface area contributed by atoms with Gasteiger partial charge in [-0.3, -0.25) is 9.69 Å². The van der Waals surface area contributed by atoms with Gasteiger partial charge in [0.05, 0.1) is 10.4 Å². The lowest BCUT2D eigenvalue weighted by atomic mass is 9.81. The number of likely N-dealkylation sites (tertiary alicyclic amines) is 1. The zero-order valence-corrected chi connectivity index (χ0v) is 13.8. The second-order valence-electron chi connectivity index (χ2n) is 7.37. The molecule has 2 heterocycles. The van der Waals surface area contributed by atoms with Crippen LogP contribution in [0.1, 0.15) is 60.7 Å². The highest BCUT2D eigenvalue weighted by Crippen LogP contribution is 2.49. The van der Waals surface area contributed by atoms with E-state index in [-0.39, 0.29) is 0 Å². The van der Waals surface area contributed by atoms with Crippen molar-refractivity contribution in [3.63, 3.8) is 0 Å². The zero-order valence-electron chi connectivity index (χ0n) is 13.0. The molecule has 4 rings (SSSR count). The van der Waals surface area contributed by atoms with Crippen LogP contribution in [0.15, 0.2) is 6.20 Å². The Hall–Kier alpha value is -0.940. The lowest BCUT2D eigenvalue weighted by molar-refractivity contribution is -0.149. The van der Waals surface area contributed by atoms with E-state index in [2.05, 4.69) is 9.88 Å². The van der Waals surface area contributed by atoms with Crippen molar-refractivity contribution in [3.8, 4) is 0 Å². The second kappa shape index (κ2) is 5.60. The van der Waals surface area contributed by atoms with E-state index in [1.165, 1.54) is 35.6 Å². The lowest BCUT2D eigenvalue weighted by Gasteiger charge is -2.23. The van der Waals surface area contributed by atoms with Crippen LogP contribution in [0.2, 0.25) is 0 Å². The maximum Gasteiger partial charge on any atom is 0.311 e. The SMILES string of the molecule is O=C(O)[C@@]12CCC[C@H]1CN(Cc1cnc(C3CCCC3)s1)C2. The number of carbonyl (C=O) groups is 1. The lowest BCUT2D eigenvalue weighted by Crippen LogP contribution is -2.35. The van der Waals surface area contributed by atoms with Crippen molar-refractivity contribution in [2.75, 3.05) is 13.1 Å². The fourth-order valence-corrected chi connectivity index (χ4v) is 5.97. The van der Waals surface area contributed by atoms with Gasteiger partial charge in [0, 0.05) is 36.6 Å². The van der Waals surface area contributed by atoms with Crippen LogP contribution >= 0.6 is 11.3 Å². The molecule has 4 nitrogen and oxygen atoms in total. The van der Waals surface area contributed by atoms with Crippen LogP contribution in [-0.2, 0) is 11.3 Å². The number of hydrogen-bond donors (Lipinski definition) is 1. The van der Waals surface area contributed by atoms with Crippen molar-refractivity contribution in [1.29, 1.82) is 0 Å². The molecule has 0 spiro atoms. The van der Waals surface area contributed by atoms with Crippen LogP contribution in [0.5, 0.6) is 0 Å². The van der Waals surface area contributed by atoms with Crippen molar-refractivity contribution >= 4 is 17.3 Å². The topological polar surface area (TPSA) is 53.4 Å². The van der Waals surface area contributed by atoms with Gasteiger partial charge in [-0.2, -0.15) is 0 Å². The van der Waals surface area contributed by atoms with Gasteiger partial charge in [-0.25, -0.2) is 4.98 Å². The molecule has 0 amide bonds. The first-order chi connectivity index (χ1) is 10.7. The minimum atomic E-state index is -0.576. The van der Waals surface area contributed by atoms with Gasteiger partial charge in [-0.05, 0) is 31.6 Å². The highest BCUT2D eigenvalue weighted by molar-refractivity contribution is 7.11. The predicted molar refractivity (Wildman–Crippen MR) is 86.0 cm³/mol. The number of rotatable bonds is 4. The van der Waals surface area contributed by atoms with Gasteiger partial charge in [0.15, 0.2) is 0 Å². The van der Waals surface area contributed by atoms with E-state index >= 15 is 0 Å². The number of aromatic nitrogens is 1. The number of thiazole rings is 1. The summed E-state index contributed by atoms with van der Waals surface area (Å²) in [6.45, 7) is 2.56. The van der Waals surface area contributed by atoms with Gasteiger partial charge in [-0.1, -0.05) is 19.3 Å². The van der Waals surface area contributed by atoms with Crippen molar-refractivity contribution < 1.29 is 9.90 Å². The molecule has 2 saturated carbocycles. The van der Waals surface area contributed by atoms with Crippen LogP contribution in [-0.4, -0.2) is 34.0 Å². The molecular weight excluding hydrogens is 296 g/mol. The summed E-state index contributed by atoms with van der Waals surface area (Å²) in [5.41, 5.74) is -0.459. The summed E-state index contributed by atoms with van der Waals surface area (Å²) in [5.74, 6) is 0.461. The first-order valence-corrected chi connectivity index (χ1v) is 9.39. The zero-order chi connectivity index (χ0) is 15.2. The Morgan fingerprint density at radius 1 is 1.36 bits per heavy atom. The maximum absolute atomic E-state index is 11.7. The van der Waals surface area contributed by atoms with E-state index in [1.54, 1.807) is 0 Å². The van der Waals surface area contributed by atoms with Crippen molar-refractivity contribution in [2.24, 2.45) is 11.3 Å². The number of carboxylic acid groups (broad SMARTS) is 1. The van der Waals surface area contributed by atoms with E-state index in [9.17, 15) is 9.90 Å². The molecule has 0 bridgehead atoms. The fraction of sp³-hybridized carbons (Fsp3) is 0.765. The molecule has 1 aromatic heterocycles. The first-order valence-electron chi connectivity index (χ1n) is 8.58. The second-order valence-corrected chi connectivity index (χ2v) is 8.51. The van der Waals surface area contributed by atoms with Gasteiger partial charge in [0.2, 0.25) is 0 Å². The van der Waals surface area contributed by atoms with Crippen LogP contribution in [0.25, 0.3) is 0 Å². The molecule has 2 aliphatic carbocycles. The summed E-state index contributed by atoms with van der Waals surface area (Å²) < 4.78 is 0. The third-order valence-electron chi connectivity index (χ3n) is 6.02. The molecular formula is C17H24N2O2S. The van der Waals surface area contributed by atoms with Gasteiger partial charge < -0.3 is 5.11 Å². The molecule has 0 unspecified atom stereocenters. The van der Waals surface area contributed by atoms with Gasteiger partial charge in [-0.15, -0.1) is 11.3 Å². The number of fused-ring (bicyclic) bond motifs is 1.